The van der Waals surface area contributed by atoms with Gasteiger partial charge in [-0.15, -0.1) is 5.10 Å². The Morgan fingerprint density at radius 2 is 2.19 bits per heavy atom. The number of nitrogens with one attached hydrogen (secondary N) is 1. The molecule has 5 nitrogen and oxygen atoms in total. The number of carbonyl (C=O) groups is 1. The van der Waals surface area contributed by atoms with E-state index >= 15 is 0 Å². The van der Waals surface area contributed by atoms with Gasteiger partial charge in [0.2, 0.25) is 0 Å². The normalized spacial score (nSPS) is 10.1. The molecule has 0 aromatic carbocycles. The monoisotopic (exact) mass is 223 g/mol. The predicted octanol–water partition coefficient (Wildman–Crippen LogP) is 0.805. The Bertz CT molecular complexity index is 325. The van der Waals surface area contributed by atoms with E-state index in [0.717, 1.165) is 12.1 Å². The Kier molecular flexibility index (Phi) is 5.42. The fraction of sp³-hybridized carbons (Fsp3) is 0.545. The number of ether oxygens (including phenoxy) is 1. The molecule has 1 heterocycles. The topological polar surface area (TPSA) is 64.1 Å². The summed E-state index contributed by atoms with van der Waals surface area (Å²) in [5, 5.41) is 10.5. The van der Waals surface area contributed by atoms with E-state index in [1.165, 1.54) is 0 Å². The fourth-order valence-electron chi connectivity index (χ4n) is 1.14. The lowest BCUT2D eigenvalue weighted by atomic mass is 10.3. The molecule has 5 heteroatoms. The van der Waals surface area contributed by atoms with Crippen LogP contribution in [0.4, 0.5) is 0 Å². The summed E-state index contributed by atoms with van der Waals surface area (Å²) in [5.41, 5.74) is 1.22. The number of nitrogens with zero attached hydrogens (tertiary/aromatic N) is 2. The van der Waals surface area contributed by atoms with Gasteiger partial charge in [0.15, 0.2) is 5.69 Å². The van der Waals surface area contributed by atoms with Crippen molar-refractivity contribution >= 4 is 5.91 Å². The molecule has 0 fully saturated rings. The van der Waals surface area contributed by atoms with E-state index in [1.807, 2.05) is 19.9 Å². The minimum Gasteiger partial charge on any atom is -0.380 e. The van der Waals surface area contributed by atoms with Gasteiger partial charge >= 0.3 is 0 Å². The summed E-state index contributed by atoms with van der Waals surface area (Å²) in [6, 6.07) is 3.49. The van der Waals surface area contributed by atoms with Gasteiger partial charge in [0.1, 0.15) is 0 Å². The molecule has 0 spiro atoms. The molecular formula is C11H17N3O2. The lowest BCUT2D eigenvalue weighted by Crippen LogP contribution is -2.28. The molecule has 1 rings (SSSR count). The molecule has 0 saturated carbocycles. The van der Waals surface area contributed by atoms with Crippen molar-refractivity contribution < 1.29 is 9.53 Å². The second-order valence-corrected chi connectivity index (χ2v) is 3.22. The van der Waals surface area contributed by atoms with Crippen LogP contribution in [0.1, 0.15) is 30.0 Å². The van der Waals surface area contributed by atoms with Gasteiger partial charge in [0.05, 0.1) is 12.3 Å². The third-order valence-electron chi connectivity index (χ3n) is 2.05. The molecule has 1 amide bonds. The molecule has 0 atom stereocenters. The molecular weight excluding hydrogens is 206 g/mol. The summed E-state index contributed by atoms with van der Waals surface area (Å²) in [5.74, 6) is -0.213. The summed E-state index contributed by atoms with van der Waals surface area (Å²) >= 11 is 0. The standard InChI is InChI=1S/C11H17N3O2/c1-3-9-5-6-10(14-13-9)11(15)12-7-8-16-4-2/h5-6H,3-4,7-8H2,1-2H3,(H,12,15). The molecule has 0 aliphatic carbocycles. The third-order valence-corrected chi connectivity index (χ3v) is 2.05. The number of aryl methyl sites for hydroxylation is 1. The minimum atomic E-state index is -0.213. The first-order chi connectivity index (χ1) is 7.77. The second kappa shape index (κ2) is 6.90. The van der Waals surface area contributed by atoms with Gasteiger partial charge in [0.25, 0.3) is 5.91 Å². The Hall–Kier alpha value is -1.49. The number of amides is 1. The van der Waals surface area contributed by atoms with Gasteiger partial charge in [-0.25, -0.2) is 0 Å². The summed E-state index contributed by atoms with van der Waals surface area (Å²) < 4.78 is 5.11. The van der Waals surface area contributed by atoms with E-state index in [9.17, 15) is 4.79 Å². The largest absolute Gasteiger partial charge is 0.380 e. The predicted molar refractivity (Wildman–Crippen MR) is 60.2 cm³/mol. The minimum absolute atomic E-state index is 0.213. The summed E-state index contributed by atoms with van der Waals surface area (Å²) in [6.45, 7) is 5.57. The number of hydrogen-bond acceptors (Lipinski definition) is 4. The zero-order chi connectivity index (χ0) is 11.8. The molecule has 1 N–H and O–H groups in total. The number of hydrogen-bond donors (Lipinski definition) is 1. The van der Waals surface area contributed by atoms with Crippen LogP contribution in [0.5, 0.6) is 0 Å². The smallest absolute Gasteiger partial charge is 0.271 e. The average molecular weight is 223 g/mol. The average Bonchev–Trinajstić information content (AvgIpc) is 2.34. The van der Waals surface area contributed by atoms with Crippen molar-refractivity contribution in [1.82, 2.24) is 15.5 Å². The van der Waals surface area contributed by atoms with Crippen LogP contribution in [0.15, 0.2) is 12.1 Å². The van der Waals surface area contributed by atoms with E-state index in [-0.39, 0.29) is 5.91 Å². The highest BCUT2D eigenvalue weighted by molar-refractivity contribution is 5.91. The van der Waals surface area contributed by atoms with Crippen LogP contribution in [-0.4, -0.2) is 35.9 Å². The van der Waals surface area contributed by atoms with Crippen LogP contribution in [0.3, 0.4) is 0 Å². The van der Waals surface area contributed by atoms with Crippen LogP contribution in [0, 0.1) is 0 Å². The van der Waals surface area contributed by atoms with Gasteiger partial charge in [-0.2, -0.15) is 5.10 Å². The highest BCUT2D eigenvalue weighted by Crippen LogP contribution is 1.96. The molecule has 0 aliphatic rings. The second-order valence-electron chi connectivity index (χ2n) is 3.22. The van der Waals surface area contributed by atoms with Gasteiger partial charge in [-0.1, -0.05) is 6.92 Å². The molecule has 88 valence electrons. The maximum atomic E-state index is 11.5. The van der Waals surface area contributed by atoms with Crippen molar-refractivity contribution in [1.29, 1.82) is 0 Å². The maximum absolute atomic E-state index is 11.5. The Balaban J connectivity index is 2.40. The van der Waals surface area contributed by atoms with Crippen LogP contribution in [0.25, 0.3) is 0 Å². The summed E-state index contributed by atoms with van der Waals surface area (Å²) in [4.78, 5) is 11.5. The highest BCUT2D eigenvalue weighted by atomic mass is 16.5. The van der Waals surface area contributed by atoms with Crippen molar-refractivity contribution in [2.45, 2.75) is 20.3 Å². The van der Waals surface area contributed by atoms with Crippen LogP contribution < -0.4 is 5.32 Å². The SMILES string of the molecule is CCOCCNC(=O)c1ccc(CC)nn1. The maximum Gasteiger partial charge on any atom is 0.271 e. The van der Waals surface area contributed by atoms with Crippen LogP contribution in [-0.2, 0) is 11.2 Å². The molecule has 0 radical (unpaired) electrons. The summed E-state index contributed by atoms with van der Waals surface area (Å²) in [6.07, 6.45) is 0.819. The molecule has 0 aliphatic heterocycles. The lowest BCUT2D eigenvalue weighted by molar-refractivity contribution is 0.0916. The van der Waals surface area contributed by atoms with Crippen LogP contribution >= 0.6 is 0 Å². The Morgan fingerprint density at radius 3 is 2.75 bits per heavy atom. The van der Waals surface area contributed by atoms with Crippen molar-refractivity contribution in [2.24, 2.45) is 0 Å². The lowest BCUT2D eigenvalue weighted by Gasteiger charge is -2.04. The number of aromatic nitrogens is 2. The van der Waals surface area contributed by atoms with Gasteiger partial charge in [-0.3, -0.25) is 4.79 Å². The van der Waals surface area contributed by atoms with E-state index in [1.54, 1.807) is 6.07 Å². The zero-order valence-corrected chi connectivity index (χ0v) is 9.69. The van der Waals surface area contributed by atoms with Gasteiger partial charge in [-0.05, 0) is 25.5 Å². The van der Waals surface area contributed by atoms with Gasteiger partial charge in [0, 0.05) is 13.2 Å². The van der Waals surface area contributed by atoms with E-state index < -0.39 is 0 Å². The molecule has 1 aromatic heterocycles. The van der Waals surface area contributed by atoms with Crippen molar-refractivity contribution in [3.8, 4) is 0 Å². The fourth-order valence-corrected chi connectivity index (χ4v) is 1.14. The molecule has 0 saturated heterocycles. The first-order valence-corrected chi connectivity index (χ1v) is 5.46. The first-order valence-electron chi connectivity index (χ1n) is 5.46. The Labute approximate surface area is 95.2 Å². The van der Waals surface area contributed by atoms with E-state index in [2.05, 4.69) is 15.5 Å². The first kappa shape index (κ1) is 12.6. The molecule has 16 heavy (non-hydrogen) atoms. The molecule has 0 unspecified atom stereocenters. The van der Waals surface area contributed by atoms with Crippen molar-refractivity contribution in [3.05, 3.63) is 23.5 Å². The van der Waals surface area contributed by atoms with Crippen molar-refractivity contribution in [2.75, 3.05) is 19.8 Å². The van der Waals surface area contributed by atoms with E-state index in [0.29, 0.717) is 25.5 Å². The summed E-state index contributed by atoms with van der Waals surface area (Å²) in [7, 11) is 0. The zero-order valence-electron chi connectivity index (χ0n) is 9.69. The van der Waals surface area contributed by atoms with Gasteiger partial charge < -0.3 is 10.1 Å². The van der Waals surface area contributed by atoms with Crippen molar-refractivity contribution in [3.63, 3.8) is 0 Å². The third kappa shape index (κ3) is 3.94. The van der Waals surface area contributed by atoms with E-state index in [4.69, 9.17) is 4.74 Å². The van der Waals surface area contributed by atoms with Crippen LogP contribution in [0.2, 0.25) is 0 Å². The quantitative estimate of drug-likeness (QED) is 0.725. The molecule has 1 aromatic rings. The molecule has 0 bridgehead atoms. The highest BCUT2D eigenvalue weighted by Gasteiger charge is 2.06. The number of rotatable bonds is 6. The number of carbonyl (C=O) groups excluding carboxylic acids is 1. The Morgan fingerprint density at radius 1 is 1.38 bits per heavy atom.